The third kappa shape index (κ3) is 6.45. The molecule has 0 spiro atoms. The van der Waals surface area contributed by atoms with Gasteiger partial charge in [0, 0.05) is 13.0 Å². The molecule has 1 aliphatic rings. The number of carbonyl (C=O) groups is 4. The lowest BCUT2D eigenvalue weighted by atomic mass is 10.0. The van der Waals surface area contributed by atoms with Crippen molar-refractivity contribution in [3.05, 3.63) is 83.4 Å². The van der Waals surface area contributed by atoms with E-state index in [2.05, 4.69) is 16.0 Å². The van der Waals surface area contributed by atoms with Gasteiger partial charge in [-0.15, -0.1) is 0 Å². The molecule has 1 heterocycles. The maximum atomic E-state index is 13.1. The third-order valence-electron chi connectivity index (χ3n) is 5.90. The SMILES string of the molecule is Cc1ccc(C[C@H](NC(=O)[C@H]2O[C@@H]2C(=O)NCC(=O)O)C(=O)NCc2ccc3ccccc3c2)cc1. The Bertz CT molecular complexity index is 1290. The van der Waals surface area contributed by atoms with Gasteiger partial charge in [-0.1, -0.05) is 66.2 Å². The minimum absolute atomic E-state index is 0.248. The number of rotatable bonds is 10. The van der Waals surface area contributed by atoms with E-state index in [9.17, 15) is 19.2 Å². The number of carboxylic acid groups (broad SMARTS) is 1. The largest absolute Gasteiger partial charge is 0.480 e. The first kappa shape index (κ1) is 24.9. The average molecular weight is 490 g/mol. The lowest BCUT2D eigenvalue weighted by Crippen LogP contribution is -2.49. The fourth-order valence-electron chi connectivity index (χ4n) is 3.86. The normalized spacial score (nSPS) is 17.1. The second-order valence-corrected chi connectivity index (χ2v) is 8.74. The molecule has 4 rings (SSSR count). The highest BCUT2D eigenvalue weighted by Gasteiger charge is 2.51. The molecule has 0 bridgehead atoms. The van der Waals surface area contributed by atoms with E-state index in [4.69, 9.17) is 9.84 Å². The van der Waals surface area contributed by atoms with Gasteiger partial charge in [-0.05, 0) is 34.9 Å². The monoisotopic (exact) mass is 489 g/mol. The number of fused-ring (bicyclic) bond motifs is 1. The molecule has 3 aromatic rings. The molecule has 4 N–H and O–H groups in total. The molecular formula is C27H27N3O6. The van der Waals surface area contributed by atoms with Gasteiger partial charge >= 0.3 is 5.97 Å². The molecule has 0 aliphatic carbocycles. The van der Waals surface area contributed by atoms with Gasteiger partial charge in [-0.2, -0.15) is 0 Å². The number of benzene rings is 3. The van der Waals surface area contributed by atoms with Crippen LogP contribution in [-0.2, 0) is 36.9 Å². The van der Waals surface area contributed by atoms with Gasteiger partial charge < -0.3 is 25.8 Å². The van der Waals surface area contributed by atoms with Crippen molar-refractivity contribution in [3.63, 3.8) is 0 Å². The number of aliphatic carboxylic acids is 1. The Hall–Kier alpha value is -4.24. The van der Waals surface area contributed by atoms with Crippen LogP contribution >= 0.6 is 0 Å². The lowest BCUT2D eigenvalue weighted by Gasteiger charge is -2.19. The highest BCUT2D eigenvalue weighted by Crippen LogP contribution is 2.23. The summed E-state index contributed by atoms with van der Waals surface area (Å²) < 4.78 is 5.14. The maximum Gasteiger partial charge on any atom is 0.322 e. The quantitative estimate of drug-likeness (QED) is 0.318. The molecule has 0 aromatic heterocycles. The summed E-state index contributed by atoms with van der Waals surface area (Å²) in [7, 11) is 0. The van der Waals surface area contributed by atoms with Crippen LogP contribution in [0, 0.1) is 6.92 Å². The van der Waals surface area contributed by atoms with Gasteiger partial charge in [-0.3, -0.25) is 19.2 Å². The number of nitrogens with one attached hydrogen (secondary N) is 3. The van der Waals surface area contributed by atoms with E-state index in [0.29, 0.717) is 0 Å². The standard InChI is InChI=1S/C27H27N3O6/c1-16-6-8-17(9-7-16)13-21(30-27(35)24-23(36-24)26(34)29-15-22(31)32)25(33)28-14-18-10-11-19-4-2-3-5-20(19)12-18/h2-12,21,23-24H,13-15H2,1H3,(H,28,33)(H,29,34)(H,30,35)(H,31,32)/t21-,23-,24-/m0/s1. The number of carbonyl (C=O) groups excluding carboxylic acids is 3. The van der Waals surface area contributed by atoms with Gasteiger partial charge in [0.25, 0.3) is 11.8 Å². The van der Waals surface area contributed by atoms with E-state index < -0.39 is 42.6 Å². The first-order valence-electron chi connectivity index (χ1n) is 11.6. The van der Waals surface area contributed by atoms with Crippen molar-refractivity contribution in [2.45, 2.75) is 38.1 Å². The number of ether oxygens (including phenoxy) is 1. The first-order valence-corrected chi connectivity index (χ1v) is 11.6. The molecule has 0 unspecified atom stereocenters. The molecule has 0 radical (unpaired) electrons. The Kier molecular flexibility index (Phi) is 7.60. The predicted molar refractivity (Wildman–Crippen MR) is 132 cm³/mol. The van der Waals surface area contributed by atoms with Gasteiger partial charge in [0.1, 0.15) is 12.6 Å². The smallest absolute Gasteiger partial charge is 0.322 e. The van der Waals surface area contributed by atoms with Crippen molar-refractivity contribution < 1.29 is 29.0 Å². The Balaban J connectivity index is 1.40. The summed E-state index contributed by atoms with van der Waals surface area (Å²) in [5, 5.41) is 18.6. The van der Waals surface area contributed by atoms with Crippen molar-refractivity contribution in [1.82, 2.24) is 16.0 Å². The third-order valence-corrected chi connectivity index (χ3v) is 5.90. The number of amides is 3. The minimum Gasteiger partial charge on any atom is -0.480 e. The molecule has 0 saturated carbocycles. The van der Waals surface area contributed by atoms with Crippen LogP contribution < -0.4 is 16.0 Å². The predicted octanol–water partition coefficient (Wildman–Crippen LogP) is 1.46. The summed E-state index contributed by atoms with van der Waals surface area (Å²) in [5.74, 6) is -2.87. The van der Waals surface area contributed by atoms with Crippen molar-refractivity contribution in [2.75, 3.05) is 6.54 Å². The van der Waals surface area contributed by atoms with Gasteiger partial charge in [0.05, 0.1) is 0 Å². The number of aryl methyl sites for hydroxylation is 1. The van der Waals surface area contributed by atoms with Crippen molar-refractivity contribution in [3.8, 4) is 0 Å². The average Bonchev–Trinajstić information content (AvgIpc) is 3.68. The summed E-state index contributed by atoms with van der Waals surface area (Å²) >= 11 is 0. The summed E-state index contributed by atoms with van der Waals surface area (Å²) in [4.78, 5) is 48.4. The van der Waals surface area contributed by atoms with Crippen molar-refractivity contribution in [2.24, 2.45) is 0 Å². The van der Waals surface area contributed by atoms with E-state index >= 15 is 0 Å². The molecule has 3 atom stereocenters. The van der Waals surface area contributed by atoms with Crippen molar-refractivity contribution in [1.29, 1.82) is 0 Å². The molecule has 9 heteroatoms. The van der Waals surface area contributed by atoms with Gasteiger partial charge in [0.2, 0.25) is 5.91 Å². The number of hydrogen-bond donors (Lipinski definition) is 4. The van der Waals surface area contributed by atoms with Crippen LogP contribution in [0.3, 0.4) is 0 Å². The number of hydrogen-bond acceptors (Lipinski definition) is 5. The van der Waals surface area contributed by atoms with Gasteiger partial charge in [-0.25, -0.2) is 0 Å². The van der Waals surface area contributed by atoms with Crippen LogP contribution in [0.5, 0.6) is 0 Å². The zero-order chi connectivity index (χ0) is 25.7. The Morgan fingerprint density at radius 3 is 2.25 bits per heavy atom. The molecule has 9 nitrogen and oxygen atoms in total. The highest BCUT2D eigenvalue weighted by molar-refractivity contribution is 5.97. The molecule has 186 valence electrons. The molecule has 3 aromatic carbocycles. The Morgan fingerprint density at radius 1 is 0.861 bits per heavy atom. The fourth-order valence-corrected chi connectivity index (χ4v) is 3.86. The zero-order valence-corrected chi connectivity index (χ0v) is 19.7. The number of carboxylic acids is 1. The summed E-state index contributed by atoms with van der Waals surface area (Å²) in [6.45, 7) is 1.67. The van der Waals surface area contributed by atoms with E-state index in [1.165, 1.54) is 0 Å². The highest BCUT2D eigenvalue weighted by atomic mass is 16.6. The van der Waals surface area contributed by atoms with Crippen LogP contribution in [0.15, 0.2) is 66.7 Å². The summed E-state index contributed by atoms with van der Waals surface area (Å²) in [5.41, 5.74) is 2.85. The van der Waals surface area contributed by atoms with Crippen LogP contribution in [0.2, 0.25) is 0 Å². The number of epoxide rings is 1. The summed E-state index contributed by atoms with van der Waals surface area (Å²) in [6.07, 6.45) is -1.91. The van der Waals surface area contributed by atoms with Crippen LogP contribution in [0.25, 0.3) is 10.8 Å². The van der Waals surface area contributed by atoms with Crippen LogP contribution in [0.4, 0.5) is 0 Å². The molecule has 3 amide bonds. The van der Waals surface area contributed by atoms with E-state index in [1.807, 2.05) is 73.7 Å². The molecule has 36 heavy (non-hydrogen) atoms. The van der Waals surface area contributed by atoms with E-state index in [0.717, 1.165) is 27.5 Å². The van der Waals surface area contributed by atoms with Gasteiger partial charge in [0.15, 0.2) is 12.2 Å². The molecular weight excluding hydrogens is 462 g/mol. The van der Waals surface area contributed by atoms with Crippen molar-refractivity contribution >= 4 is 34.5 Å². The van der Waals surface area contributed by atoms with E-state index in [1.54, 1.807) is 0 Å². The fraction of sp³-hybridized carbons (Fsp3) is 0.259. The second-order valence-electron chi connectivity index (χ2n) is 8.74. The second kappa shape index (κ2) is 11.0. The topological polar surface area (TPSA) is 137 Å². The zero-order valence-electron chi connectivity index (χ0n) is 19.7. The maximum absolute atomic E-state index is 13.1. The Labute approximate surface area is 207 Å². The summed E-state index contributed by atoms with van der Waals surface area (Å²) in [6, 6.07) is 20.6. The molecule has 1 aliphatic heterocycles. The minimum atomic E-state index is -1.20. The molecule has 1 saturated heterocycles. The van der Waals surface area contributed by atoms with Crippen LogP contribution in [0.1, 0.15) is 16.7 Å². The van der Waals surface area contributed by atoms with E-state index in [-0.39, 0.29) is 18.9 Å². The molecule has 1 fully saturated rings. The lowest BCUT2D eigenvalue weighted by molar-refractivity contribution is -0.138. The Morgan fingerprint density at radius 2 is 1.53 bits per heavy atom. The first-order chi connectivity index (χ1) is 17.3. The van der Waals surface area contributed by atoms with Crippen LogP contribution in [-0.4, -0.2) is 53.6 Å².